The second-order valence-corrected chi connectivity index (χ2v) is 2.97. The number of rotatable bonds is 1. The van der Waals surface area contributed by atoms with Gasteiger partial charge in [-0.05, 0) is 19.9 Å². The first-order valence-corrected chi connectivity index (χ1v) is 4.34. The van der Waals surface area contributed by atoms with Crippen molar-refractivity contribution in [1.82, 2.24) is 24.7 Å². The van der Waals surface area contributed by atoms with Crippen LogP contribution in [-0.2, 0) is 0 Å². The molecule has 0 aliphatic carbocycles. The van der Waals surface area contributed by atoms with E-state index in [9.17, 15) is 0 Å². The Morgan fingerprint density at radius 2 is 2.13 bits per heavy atom. The zero-order valence-electron chi connectivity index (χ0n) is 8.34. The van der Waals surface area contributed by atoms with Crippen molar-refractivity contribution in [3.63, 3.8) is 0 Å². The molecule has 0 saturated heterocycles. The van der Waals surface area contributed by atoms with E-state index in [-0.39, 0.29) is 0 Å². The van der Waals surface area contributed by atoms with E-state index in [1.807, 2.05) is 13.0 Å². The van der Waals surface area contributed by atoms with Gasteiger partial charge in [0.05, 0.1) is 0 Å². The summed E-state index contributed by atoms with van der Waals surface area (Å²) in [5.74, 6) is 1.72. The Bertz CT molecular complexity index is 536. The molecule has 0 aromatic carbocycles. The maximum absolute atomic E-state index is 8.70. The first kappa shape index (κ1) is 9.27. The Labute approximate surface area is 86.2 Å². The monoisotopic (exact) mass is 200 g/mol. The predicted molar refractivity (Wildman–Crippen MR) is 51.1 cm³/mol. The third-order valence-corrected chi connectivity index (χ3v) is 1.82. The van der Waals surface area contributed by atoms with Gasteiger partial charge in [-0.25, -0.2) is 15.0 Å². The third-order valence-electron chi connectivity index (χ3n) is 1.82. The van der Waals surface area contributed by atoms with E-state index >= 15 is 0 Å². The maximum Gasteiger partial charge on any atom is 0.253 e. The van der Waals surface area contributed by atoms with E-state index < -0.39 is 0 Å². The normalized spacial score (nSPS) is 9.93. The Hall–Kier alpha value is -2.29. The van der Waals surface area contributed by atoms with Gasteiger partial charge in [0.15, 0.2) is 0 Å². The van der Waals surface area contributed by atoms with Crippen LogP contribution >= 0.6 is 0 Å². The van der Waals surface area contributed by atoms with Gasteiger partial charge in [-0.3, -0.25) is 0 Å². The number of aromatic nitrogens is 5. The first-order valence-electron chi connectivity index (χ1n) is 4.34. The van der Waals surface area contributed by atoms with Crippen LogP contribution in [0, 0.1) is 25.2 Å². The summed E-state index contributed by atoms with van der Waals surface area (Å²) in [6.45, 7) is 3.60. The fourth-order valence-corrected chi connectivity index (χ4v) is 1.22. The maximum atomic E-state index is 8.70. The molecule has 0 fully saturated rings. The van der Waals surface area contributed by atoms with Crippen molar-refractivity contribution in [2.75, 3.05) is 0 Å². The highest BCUT2D eigenvalue weighted by Crippen LogP contribution is 2.03. The number of hydrogen-bond acceptors (Lipinski definition) is 5. The average molecular weight is 200 g/mol. The van der Waals surface area contributed by atoms with Crippen LogP contribution in [0.4, 0.5) is 0 Å². The second-order valence-electron chi connectivity index (χ2n) is 2.97. The van der Waals surface area contributed by atoms with E-state index in [2.05, 4.69) is 20.1 Å². The van der Waals surface area contributed by atoms with Crippen LogP contribution in [0.2, 0.25) is 0 Å². The fraction of sp³-hybridized carbons (Fsp3) is 0.222. The van der Waals surface area contributed by atoms with Gasteiger partial charge in [0.1, 0.15) is 23.4 Å². The van der Waals surface area contributed by atoms with Crippen molar-refractivity contribution in [3.05, 3.63) is 29.6 Å². The summed E-state index contributed by atoms with van der Waals surface area (Å²) in [4.78, 5) is 12.2. The molecule has 2 aromatic heterocycles. The van der Waals surface area contributed by atoms with E-state index in [0.29, 0.717) is 23.3 Å². The molecular formula is C9H8N6. The van der Waals surface area contributed by atoms with E-state index in [0.717, 1.165) is 0 Å². The van der Waals surface area contributed by atoms with Gasteiger partial charge >= 0.3 is 0 Å². The molecule has 0 amide bonds. The van der Waals surface area contributed by atoms with Crippen molar-refractivity contribution in [2.24, 2.45) is 0 Å². The average Bonchev–Trinajstić information content (AvgIpc) is 2.58. The van der Waals surface area contributed by atoms with Crippen molar-refractivity contribution in [2.45, 2.75) is 13.8 Å². The minimum absolute atomic E-state index is 0.313. The van der Waals surface area contributed by atoms with Gasteiger partial charge in [-0.1, -0.05) is 0 Å². The molecule has 6 heteroatoms. The lowest BCUT2D eigenvalue weighted by Gasteiger charge is -1.99. The summed E-state index contributed by atoms with van der Waals surface area (Å²) in [7, 11) is 0. The molecule has 0 aliphatic heterocycles. The second kappa shape index (κ2) is 3.46. The van der Waals surface area contributed by atoms with Crippen LogP contribution in [-0.4, -0.2) is 24.7 Å². The number of aryl methyl sites for hydroxylation is 2. The molecule has 0 N–H and O–H groups in total. The lowest BCUT2D eigenvalue weighted by molar-refractivity contribution is 0.769. The summed E-state index contributed by atoms with van der Waals surface area (Å²) in [5.41, 5.74) is 0.313. The minimum atomic E-state index is 0.313. The molecule has 0 atom stereocenters. The molecule has 0 spiro atoms. The molecule has 0 saturated carbocycles. The first-order chi connectivity index (χ1) is 7.20. The summed E-state index contributed by atoms with van der Waals surface area (Å²) in [5, 5.41) is 12.8. The standard InChI is InChI=1S/C9H8N6/c1-6-12-7(2)15(14-6)9-11-4-3-8(5-10)13-9/h3-4H,1-2H3. The van der Waals surface area contributed by atoms with Gasteiger partial charge in [-0.15, -0.1) is 5.10 Å². The molecule has 0 unspecified atom stereocenters. The molecule has 0 aliphatic rings. The molecule has 74 valence electrons. The van der Waals surface area contributed by atoms with Crippen LogP contribution in [0.25, 0.3) is 5.95 Å². The molecule has 0 radical (unpaired) electrons. The quantitative estimate of drug-likeness (QED) is 0.671. The Morgan fingerprint density at radius 1 is 1.33 bits per heavy atom. The van der Waals surface area contributed by atoms with Crippen LogP contribution in [0.5, 0.6) is 0 Å². The van der Waals surface area contributed by atoms with Crippen molar-refractivity contribution in [3.8, 4) is 12.0 Å². The minimum Gasteiger partial charge on any atom is -0.220 e. The molecule has 0 bridgehead atoms. The van der Waals surface area contributed by atoms with Crippen LogP contribution in [0.3, 0.4) is 0 Å². The van der Waals surface area contributed by atoms with Gasteiger partial charge in [0.25, 0.3) is 5.95 Å². The largest absolute Gasteiger partial charge is 0.253 e. The summed E-state index contributed by atoms with van der Waals surface area (Å²) >= 11 is 0. The molecule has 2 heterocycles. The summed E-state index contributed by atoms with van der Waals surface area (Å²) in [6, 6.07) is 3.50. The summed E-state index contributed by atoms with van der Waals surface area (Å²) < 4.78 is 1.51. The van der Waals surface area contributed by atoms with Crippen LogP contribution < -0.4 is 0 Å². The molecule has 2 rings (SSSR count). The van der Waals surface area contributed by atoms with Crippen LogP contribution in [0.15, 0.2) is 12.3 Å². The van der Waals surface area contributed by atoms with Crippen molar-refractivity contribution >= 4 is 0 Å². The number of nitriles is 1. The molecule has 15 heavy (non-hydrogen) atoms. The zero-order valence-corrected chi connectivity index (χ0v) is 8.34. The highest BCUT2D eigenvalue weighted by atomic mass is 15.4. The number of hydrogen-bond donors (Lipinski definition) is 0. The SMILES string of the molecule is Cc1nc(C)n(-c2nccc(C#N)n2)n1. The highest BCUT2D eigenvalue weighted by Gasteiger charge is 2.07. The zero-order chi connectivity index (χ0) is 10.8. The predicted octanol–water partition coefficient (Wildman–Crippen LogP) is 0.546. The van der Waals surface area contributed by atoms with Crippen molar-refractivity contribution in [1.29, 1.82) is 5.26 Å². The van der Waals surface area contributed by atoms with E-state index in [1.54, 1.807) is 13.0 Å². The number of nitrogens with zero attached hydrogens (tertiary/aromatic N) is 6. The smallest absolute Gasteiger partial charge is 0.220 e. The Kier molecular flexibility index (Phi) is 2.14. The lowest BCUT2D eigenvalue weighted by atomic mass is 10.4. The molecular weight excluding hydrogens is 192 g/mol. The van der Waals surface area contributed by atoms with Gasteiger partial charge in [0.2, 0.25) is 0 Å². The van der Waals surface area contributed by atoms with E-state index in [1.165, 1.54) is 10.9 Å². The molecule has 6 nitrogen and oxygen atoms in total. The van der Waals surface area contributed by atoms with Crippen LogP contribution in [0.1, 0.15) is 17.3 Å². The van der Waals surface area contributed by atoms with E-state index in [4.69, 9.17) is 5.26 Å². The van der Waals surface area contributed by atoms with Gasteiger partial charge in [-0.2, -0.15) is 9.94 Å². The molecule has 2 aromatic rings. The third kappa shape index (κ3) is 1.67. The summed E-state index contributed by atoms with van der Waals surface area (Å²) in [6.07, 6.45) is 1.53. The topological polar surface area (TPSA) is 80.3 Å². The van der Waals surface area contributed by atoms with Gasteiger partial charge < -0.3 is 0 Å². The van der Waals surface area contributed by atoms with Crippen molar-refractivity contribution < 1.29 is 0 Å². The lowest BCUT2D eigenvalue weighted by Crippen LogP contribution is -2.05. The Balaban J connectivity index is 2.55. The highest BCUT2D eigenvalue weighted by molar-refractivity contribution is 5.23. The Morgan fingerprint density at radius 3 is 2.73 bits per heavy atom. The fourth-order valence-electron chi connectivity index (χ4n) is 1.22. The van der Waals surface area contributed by atoms with Gasteiger partial charge in [0, 0.05) is 6.20 Å².